The van der Waals surface area contributed by atoms with Gasteiger partial charge in [0.15, 0.2) is 10.9 Å². The van der Waals surface area contributed by atoms with Gasteiger partial charge in [-0.3, -0.25) is 4.79 Å². The molecule has 0 bridgehead atoms. The van der Waals surface area contributed by atoms with Crippen LogP contribution >= 0.6 is 11.3 Å². The van der Waals surface area contributed by atoms with E-state index in [1.165, 1.54) is 0 Å². The first-order chi connectivity index (χ1) is 5.75. The molecule has 1 saturated heterocycles. The first kappa shape index (κ1) is 7.73. The zero-order chi connectivity index (χ0) is 8.55. The van der Waals surface area contributed by atoms with Gasteiger partial charge in [-0.2, -0.15) is 0 Å². The molecule has 0 spiro atoms. The van der Waals surface area contributed by atoms with E-state index in [9.17, 15) is 4.79 Å². The van der Waals surface area contributed by atoms with Crippen molar-refractivity contribution in [1.82, 2.24) is 4.98 Å². The van der Waals surface area contributed by atoms with Crippen molar-refractivity contribution in [3.63, 3.8) is 0 Å². The van der Waals surface area contributed by atoms with Crippen LogP contribution in [0.4, 0.5) is 5.13 Å². The van der Waals surface area contributed by atoms with Gasteiger partial charge in [-0.15, -0.1) is 11.3 Å². The Morgan fingerprint density at radius 1 is 1.67 bits per heavy atom. The smallest absolute Gasteiger partial charge is 0.185 e. The molecule has 0 amide bonds. The van der Waals surface area contributed by atoms with Crippen LogP contribution in [0.1, 0.15) is 12.1 Å². The summed E-state index contributed by atoms with van der Waals surface area (Å²) in [4.78, 5) is 17.3. The van der Waals surface area contributed by atoms with Crippen LogP contribution in [0.15, 0.2) is 5.38 Å². The summed E-state index contributed by atoms with van der Waals surface area (Å²) in [6, 6.07) is 0. The quantitative estimate of drug-likeness (QED) is 0.655. The second kappa shape index (κ2) is 2.86. The summed E-state index contributed by atoms with van der Waals surface area (Å²) < 4.78 is 0. The number of rotatable bonds is 1. The number of ketones is 1. The lowest BCUT2D eigenvalue weighted by molar-refractivity contribution is -0.116. The van der Waals surface area contributed by atoms with Gasteiger partial charge in [-0.1, -0.05) is 0 Å². The summed E-state index contributed by atoms with van der Waals surface area (Å²) in [5.41, 5.74) is 1.04. The summed E-state index contributed by atoms with van der Waals surface area (Å²) in [5.74, 6) is 0.322. The highest BCUT2D eigenvalue weighted by Crippen LogP contribution is 2.22. The van der Waals surface area contributed by atoms with E-state index in [-0.39, 0.29) is 0 Å². The molecule has 0 N–H and O–H groups in total. The highest BCUT2D eigenvalue weighted by Gasteiger charge is 2.21. The zero-order valence-corrected chi connectivity index (χ0v) is 7.73. The molecule has 1 aliphatic heterocycles. The van der Waals surface area contributed by atoms with Gasteiger partial charge in [-0.25, -0.2) is 4.98 Å². The number of carbonyl (C=O) groups is 1. The molecule has 2 rings (SSSR count). The van der Waals surface area contributed by atoms with Crippen LogP contribution < -0.4 is 4.90 Å². The monoisotopic (exact) mass is 182 g/mol. The van der Waals surface area contributed by atoms with Crippen LogP contribution in [0.2, 0.25) is 0 Å². The molecular weight excluding hydrogens is 172 g/mol. The molecular formula is C8H10N2OS. The molecule has 2 heterocycles. The highest BCUT2D eigenvalue weighted by atomic mass is 32.1. The fourth-order valence-corrected chi connectivity index (χ4v) is 2.11. The molecule has 1 aliphatic rings. The van der Waals surface area contributed by atoms with E-state index in [0.29, 0.717) is 18.7 Å². The third-order valence-electron chi connectivity index (χ3n) is 1.91. The molecule has 64 valence electrons. The second-order valence-electron chi connectivity index (χ2n) is 2.98. The van der Waals surface area contributed by atoms with Crippen molar-refractivity contribution >= 4 is 22.3 Å². The Morgan fingerprint density at radius 3 is 3.00 bits per heavy atom. The van der Waals surface area contributed by atoms with Crippen LogP contribution in [0.25, 0.3) is 0 Å². The fourth-order valence-electron chi connectivity index (χ4n) is 1.28. The predicted octanol–water partition coefficient (Wildman–Crippen LogP) is 1.23. The van der Waals surface area contributed by atoms with Crippen molar-refractivity contribution in [2.75, 3.05) is 18.0 Å². The molecule has 1 aromatic heterocycles. The molecule has 0 atom stereocenters. The van der Waals surface area contributed by atoms with Crippen molar-refractivity contribution in [1.29, 1.82) is 0 Å². The Morgan fingerprint density at radius 2 is 2.50 bits per heavy atom. The van der Waals surface area contributed by atoms with Crippen molar-refractivity contribution in [3.05, 3.63) is 11.1 Å². The van der Waals surface area contributed by atoms with Crippen molar-refractivity contribution in [2.45, 2.75) is 13.3 Å². The standard InChI is InChI=1S/C8H10N2OS/c1-6-5-12-8(9-6)10-3-2-7(11)4-10/h5H,2-4H2,1H3. The summed E-state index contributed by atoms with van der Waals surface area (Å²) >= 11 is 1.61. The summed E-state index contributed by atoms with van der Waals surface area (Å²) in [6.45, 7) is 3.36. The minimum Gasteiger partial charge on any atom is -0.340 e. The molecule has 3 nitrogen and oxygen atoms in total. The average molecular weight is 182 g/mol. The lowest BCUT2D eigenvalue weighted by atomic mass is 10.4. The molecule has 1 aromatic rings. The lowest BCUT2D eigenvalue weighted by Gasteiger charge is -2.10. The molecule has 0 unspecified atom stereocenters. The van der Waals surface area contributed by atoms with Gasteiger partial charge in [0.1, 0.15) is 0 Å². The molecule has 0 saturated carbocycles. The number of Topliss-reactive ketones (excluding diaryl/α,β-unsaturated/α-hetero) is 1. The van der Waals surface area contributed by atoms with Gasteiger partial charge in [-0.05, 0) is 6.92 Å². The maximum absolute atomic E-state index is 11.0. The van der Waals surface area contributed by atoms with Crippen LogP contribution in [-0.4, -0.2) is 23.9 Å². The Bertz CT molecular complexity index is 308. The second-order valence-corrected chi connectivity index (χ2v) is 3.82. The number of aromatic nitrogens is 1. The molecule has 0 aromatic carbocycles. The lowest BCUT2D eigenvalue weighted by Crippen LogP contribution is -2.19. The van der Waals surface area contributed by atoms with Crippen LogP contribution in [0.3, 0.4) is 0 Å². The highest BCUT2D eigenvalue weighted by molar-refractivity contribution is 7.13. The van der Waals surface area contributed by atoms with E-state index in [4.69, 9.17) is 0 Å². The SMILES string of the molecule is Cc1csc(N2CCC(=O)C2)n1. The molecule has 0 aliphatic carbocycles. The van der Waals surface area contributed by atoms with E-state index in [2.05, 4.69) is 4.98 Å². The summed E-state index contributed by atoms with van der Waals surface area (Å²) in [6.07, 6.45) is 0.679. The van der Waals surface area contributed by atoms with Gasteiger partial charge in [0.05, 0.1) is 12.2 Å². The van der Waals surface area contributed by atoms with Gasteiger partial charge in [0.25, 0.3) is 0 Å². The number of carbonyl (C=O) groups excluding carboxylic acids is 1. The molecule has 12 heavy (non-hydrogen) atoms. The van der Waals surface area contributed by atoms with Crippen LogP contribution in [-0.2, 0) is 4.79 Å². The first-order valence-electron chi connectivity index (χ1n) is 3.94. The predicted molar refractivity (Wildman–Crippen MR) is 48.7 cm³/mol. The van der Waals surface area contributed by atoms with Crippen molar-refractivity contribution < 1.29 is 4.79 Å². The molecule has 4 heteroatoms. The molecule has 0 radical (unpaired) electrons. The van der Waals surface area contributed by atoms with Gasteiger partial charge in [0.2, 0.25) is 0 Å². The minimum absolute atomic E-state index is 0.322. The Labute approximate surface area is 75.0 Å². The van der Waals surface area contributed by atoms with E-state index < -0.39 is 0 Å². The average Bonchev–Trinajstić information content (AvgIpc) is 2.58. The normalized spacial score (nSPS) is 17.4. The van der Waals surface area contributed by atoms with Crippen molar-refractivity contribution in [3.8, 4) is 0 Å². The van der Waals surface area contributed by atoms with Gasteiger partial charge >= 0.3 is 0 Å². The number of hydrogen-bond donors (Lipinski definition) is 0. The molecule has 1 fully saturated rings. The fraction of sp³-hybridized carbons (Fsp3) is 0.500. The number of hydrogen-bond acceptors (Lipinski definition) is 4. The topological polar surface area (TPSA) is 33.2 Å². The number of aryl methyl sites for hydroxylation is 1. The Kier molecular flexibility index (Phi) is 1.84. The summed E-state index contributed by atoms with van der Waals surface area (Å²) in [7, 11) is 0. The number of nitrogens with zero attached hydrogens (tertiary/aromatic N) is 2. The van der Waals surface area contributed by atoms with E-state index in [1.54, 1.807) is 11.3 Å². The third-order valence-corrected chi connectivity index (χ3v) is 2.92. The summed E-state index contributed by atoms with van der Waals surface area (Å²) in [5, 5.41) is 3.00. The van der Waals surface area contributed by atoms with E-state index >= 15 is 0 Å². The van der Waals surface area contributed by atoms with Crippen LogP contribution in [0, 0.1) is 6.92 Å². The Balaban J connectivity index is 2.15. The van der Waals surface area contributed by atoms with E-state index in [0.717, 1.165) is 17.4 Å². The van der Waals surface area contributed by atoms with Crippen molar-refractivity contribution in [2.24, 2.45) is 0 Å². The van der Waals surface area contributed by atoms with Crippen LogP contribution in [0.5, 0.6) is 0 Å². The Hall–Kier alpha value is -0.900. The maximum Gasteiger partial charge on any atom is 0.185 e. The first-order valence-corrected chi connectivity index (χ1v) is 4.82. The largest absolute Gasteiger partial charge is 0.340 e. The van der Waals surface area contributed by atoms with Gasteiger partial charge in [0, 0.05) is 18.3 Å². The maximum atomic E-state index is 11.0. The number of anilines is 1. The van der Waals surface area contributed by atoms with Gasteiger partial charge < -0.3 is 4.90 Å². The van der Waals surface area contributed by atoms with E-state index in [1.807, 2.05) is 17.2 Å². The third kappa shape index (κ3) is 1.34. The minimum atomic E-state index is 0.322. The zero-order valence-electron chi connectivity index (χ0n) is 6.91. The number of thiazole rings is 1.